The van der Waals surface area contributed by atoms with Crippen molar-refractivity contribution in [2.75, 3.05) is 18.9 Å². The van der Waals surface area contributed by atoms with Gasteiger partial charge in [-0.3, -0.25) is 0 Å². The van der Waals surface area contributed by atoms with Crippen molar-refractivity contribution in [1.82, 2.24) is 10.6 Å². The summed E-state index contributed by atoms with van der Waals surface area (Å²) in [5.41, 5.74) is 2.22. The van der Waals surface area contributed by atoms with Crippen LogP contribution < -0.4 is 16.0 Å². The molecule has 1 aromatic rings. The Morgan fingerprint density at radius 3 is 2.05 bits per heavy atom. The standard InChI is InChI=1S/C16H27N3O/c1-15(2,3)12-7-9-13(10-8-12)18-11-16(4,5)19-14(20)17-6/h7-10,18H,11H2,1-6H3,(H2,17,19,20). The molecule has 1 aromatic carbocycles. The molecule has 0 saturated carbocycles. The highest BCUT2D eigenvalue weighted by molar-refractivity contribution is 5.74. The molecule has 20 heavy (non-hydrogen) atoms. The molecule has 0 aromatic heterocycles. The second-order valence-electron chi connectivity index (χ2n) is 6.77. The number of nitrogens with one attached hydrogen (secondary N) is 3. The molecule has 0 heterocycles. The van der Waals surface area contributed by atoms with Gasteiger partial charge in [0, 0.05) is 19.3 Å². The van der Waals surface area contributed by atoms with Gasteiger partial charge in [0.2, 0.25) is 0 Å². The summed E-state index contributed by atoms with van der Waals surface area (Å²) in [7, 11) is 1.62. The monoisotopic (exact) mass is 277 g/mol. The summed E-state index contributed by atoms with van der Waals surface area (Å²) in [5.74, 6) is 0. The number of benzene rings is 1. The van der Waals surface area contributed by atoms with Crippen molar-refractivity contribution in [3.63, 3.8) is 0 Å². The molecule has 2 amide bonds. The lowest BCUT2D eigenvalue weighted by molar-refractivity contribution is 0.233. The van der Waals surface area contributed by atoms with Crippen LogP contribution in [0.5, 0.6) is 0 Å². The number of urea groups is 1. The average Bonchev–Trinajstić information content (AvgIpc) is 2.35. The number of amides is 2. The molecular weight excluding hydrogens is 250 g/mol. The van der Waals surface area contributed by atoms with E-state index in [2.05, 4.69) is 61.0 Å². The summed E-state index contributed by atoms with van der Waals surface area (Å²) < 4.78 is 0. The Balaban J connectivity index is 2.60. The SMILES string of the molecule is CNC(=O)NC(C)(C)CNc1ccc(C(C)(C)C)cc1. The molecule has 0 radical (unpaired) electrons. The van der Waals surface area contributed by atoms with Gasteiger partial charge in [-0.2, -0.15) is 0 Å². The van der Waals surface area contributed by atoms with Crippen LogP contribution in [-0.2, 0) is 5.41 Å². The van der Waals surface area contributed by atoms with Crippen molar-refractivity contribution in [3.05, 3.63) is 29.8 Å². The molecule has 4 nitrogen and oxygen atoms in total. The largest absolute Gasteiger partial charge is 0.383 e. The van der Waals surface area contributed by atoms with Crippen LogP contribution in [0.4, 0.5) is 10.5 Å². The van der Waals surface area contributed by atoms with Crippen LogP contribution in [-0.4, -0.2) is 25.2 Å². The molecule has 0 fully saturated rings. The molecule has 3 N–H and O–H groups in total. The van der Waals surface area contributed by atoms with Gasteiger partial charge >= 0.3 is 6.03 Å². The molecule has 1 rings (SSSR count). The lowest BCUT2D eigenvalue weighted by atomic mass is 9.87. The molecule has 112 valence electrons. The van der Waals surface area contributed by atoms with Crippen LogP contribution in [0.1, 0.15) is 40.2 Å². The highest BCUT2D eigenvalue weighted by atomic mass is 16.2. The van der Waals surface area contributed by atoms with Crippen LogP contribution >= 0.6 is 0 Å². The van der Waals surface area contributed by atoms with E-state index in [1.54, 1.807) is 7.05 Å². The third kappa shape index (κ3) is 5.11. The van der Waals surface area contributed by atoms with Gasteiger partial charge in [0.15, 0.2) is 0 Å². The molecule has 0 unspecified atom stereocenters. The first kappa shape index (κ1) is 16.3. The minimum Gasteiger partial charge on any atom is -0.383 e. The zero-order valence-corrected chi connectivity index (χ0v) is 13.4. The number of hydrogen-bond donors (Lipinski definition) is 3. The predicted molar refractivity (Wildman–Crippen MR) is 85.3 cm³/mol. The number of carbonyl (C=O) groups excluding carboxylic acids is 1. The highest BCUT2D eigenvalue weighted by Gasteiger charge is 2.19. The van der Waals surface area contributed by atoms with Gasteiger partial charge in [-0.15, -0.1) is 0 Å². The van der Waals surface area contributed by atoms with Gasteiger partial charge < -0.3 is 16.0 Å². The molecule has 0 aliphatic carbocycles. The first-order valence-electron chi connectivity index (χ1n) is 6.98. The maximum atomic E-state index is 11.3. The Morgan fingerprint density at radius 2 is 1.60 bits per heavy atom. The van der Waals surface area contributed by atoms with Gasteiger partial charge in [-0.05, 0) is 37.0 Å². The number of carbonyl (C=O) groups is 1. The van der Waals surface area contributed by atoms with E-state index in [9.17, 15) is 4.79 Å². The Bertz CT molecular complexity index is 444. The van der Waals surface area contributed by atoms with E-state index in [-0.39, 0.29) is 17.0 Å². The van der Waals surface area contributed by atoms with E-state index in [4.69, 9.17) is 0 Å². The molecule has 0 atom stereocenters. The van der Waals surface area contributed by atoms with Crippen LogP contribution in [0.2, 0.25) is 0 Å². The first-order valence-corrected chi connectivity index (χ1v) is 6.98. The molecule has 0 spiro atoms. The third-order valence-electron chi connectivity index (χ3n) is 3.16. The predicted octanol–water partition coefficient (Wildman–Crippen LogP) is 3.10. The lowest BCUT2D eigenvalue weighted by Crippen LogP contribution is -2.51. The van der Waals surface area contributed by atoms with Crippen molar-refractivity contribution in [2.45, 2.75) is 45.6 Å². The fourth-order valence-electron chi connectivity index (χ4n) is 1.83. The fourth-order valence-corrected chi connectivity index (χ4v) is 1.83. The minimum atomic E-state index is -0.317. The van der Waals surface area contributed by atoms with E-state index in [0.717, 1.165) is 5.69 Å². The Labute approximate surface area is 122 Å². The van der Waals surface area contributed by atoms with Gasteiger partial charge in [-0.25, -0.2) is 4.79 Å². The van der Waals surface area contributed by atoms with Crippen molar-refractivity contribution in [3.8, 4) is 0 Å². The lowest BCUT2D eigenvalue weighted by Gasteiger charge is -2.27. The number of rotatable bonds is 4. The molecule has 0 bridgehead atoms. The van der Waals surface area contributed by atoms with Crippen molar-refractivity contribution >= 4 is 11.7 Å². The molecule has 4 heteroatoms. The molecule has 0 aliphatic heterocycles. The first-order chi connectivity index (χ1) is 9.14. The van der Waals surface area contributed by atoms with Gasteiger partial charge in [-0.1, -0.05) is 32.9 Å². The van der Waals surface area contributed by atoms with Crippen molar-refractivity contribution in [2.24, 2.45) is 0 Å². The topological polar surface area (TPSA) is 53.2 Å². The summed E-state index contributed by atoms with van der Waals surface area (Å²) >= 11 is 0. The fraction of sp³-hybridized carbons (Fsp3) is 0.562. The van der Waals surface area contributed by atoms with E-state index in [1.807, 2.05) is 13.8 Å². The third-order valence-corrected chi connectivity index (χ3v) is 3.16. The van der Waals surface area contributed by atoms with Gasteiger partial charge in [0.25, 0.3) is 0 Å². The summed E-state index contributed by atoms with van der Waals surface area (Å²) in [5, 5.41) is 8.82. The minimum absolute atomic E-state index is 0.165. The van der Waals surface area contributed by atoms with E-state index >= 15 is 0 Å². The Morgan fingerprint density at radius 1 is 1.05 bits per heavy atom. The van der Waals surface area contributed by atoms with Gasteiger partial charge in [0.1, 0.15) is 0 Å². The second kappa shape index (κ2) is 6.16. The van der Waals surface area contributed by atoms with Gasteiger partial charge in [0.05, 0.1) is 5.54 Å². The number of hydrogen-bond acceptors (Lipinski definition) is 2. The van der Waals surface area contributed by atoms with Crippen LogP contribution in [0.25, 0.3) is 0 Å². The Hall–Kier alpha value is -1.71. The summed E-state index contributed by atoms with van der Waals surface area (Å²) in [4.78, 5) is 11.3. The van der Waals surface area contributed by atoms with Crippen LogP contribution in [0.15, 0.2) is 24.3 Å². The average molecular weight is 277 g/mol. The number of anilines is 1. The summed E-state index contributed by atoms with van der Waals surface area (Å²) in [6.07, 6.45) is 0. The summed E-state index contributed by atoms with van der Waals surface area (Å²) in [6, 6.07) is 8.27. The normalized spacial score (nSPS) is 11.9. The maximum Gasteiger partial charge on any atom is 0.315 e. The molecule has 0 aliphatic rings. The zero-order chi connectivity index (χ0) is 15.4. The van der Waals surface area contributed by atoms with Crippen LogP contribution in [0, 0.1) is 0 Å². The van der Waals surface area contributed by atoms with Crippen LogP contribution in [0.3, 0.4) is 0 Å². The second-order valence-corrected chi connectivity index (χ2v) is 6.77. The van der Waals surface area contributed by atoms with E-state index in [1.165, 1.54) is 5.56 Å². The molecular formula is C16H27N3O. The molecule has 0 saturated heterocycles. The van der Waals surface area contributed by atoms with Crippen molar-refractivity contribution in [1.29, 1.82) is 0 Å². The zero-order valence-electron chi connectivity index (χ0n) is 13.4. The summed E-state index contributed by atoms with van der Waals surface area (Å²) in [6.45, 7) is 11.2. The highest BCUT2D eigenvalue weighted by Crippen LogP contribution is 2.23. The van der Waals surface area contributed by atoms with E-state index in [0.29, 0.717) is 6.54 Å². The van der Waals surface area contributed by atoms with Crippen molar-refractivity contribution < 1.29 is 4.79 Å². The quantitative estimate of drug-likeness (QED) is 0.792. The van der Waals surface area contributed by atoms with E-state index < -0.39 is 0 Å². The Kier molecular flexibility index (Phi) is 5.03. The smallest absolute Gasteiger partial charge is 0.315 e. The maximum absolute atomic E-state index is 11.3.